The molecule has 0 unspecified atom stereocenters. The van der Waals surface area contributed by atoms with Gasteiger partial charge in [0.2, 0.25) is 0 Å². The molecule has 142 valence electrons. The molecule has 1 spiro atoms. The van der Waals surface area contributed by atoms with Crippen LogP contribution in [-0.2, 0) is 11.3 Å². The molecule has 2 fully saturated rings. The van der Waals surface area contributed by atoms with Crippen LogP contribution in [-0.4, -0.2) is 11.3 Å². The summed E-state index contributed by atoms with van der Waals surface area (Å²) in [6.45, 7) is 2.85. The first kappa shape index (κ1) is 18.5. The van der Waals surface area contributed by atoms with E-state index in [2.05, 4.69) is 66.8 Å². The lowest BCUT2D eigenvalue weighted by molar-refractivity contribution is -0.0809. The maximum Gasteiger partial charge on any atom is 0.257 e. The SMILES string of the molecule is Cc1cccc(CNC(=S)O[C@H]2CCC23CCC(c2ccccc2)CC3)c1. The van der Waals surface area contributed by atoms with Crippen molar-refractivity contribution < 1.29 is 4.74 Å². The third kappa shape index (κ3) is 4.19. The second-order valence-electron chi connectivity index (χ2n) is 8.32. The fraction of sp³-hybridized carbons (Fsp3) is 0.458. The summed E-state index contributed by atoms with van der Waals surface area (Å²) in [5, 5.41) is 3.85. The van der Waals surface area contributed by atoms with Crippen LogP contribution in [0.3, 0.4) is 0 Å². The van der Waals surface area contributed by atoms with Crippen LogP contribution in [0.5, 0.6) is 0 Å². The zero-order chi connectivity index (χ0) is 18.7. The van der Waals surface area contributed by atoms with Gasteiger partial charge >= 0.3 is 0 Å². The number of benzene rings is 2. The summed E-state index contributed by atoms with van der Waals surface area (Å²) in [5.74, 6) is 0.712. The van der Waals surface area contributed by atoms with Crippen molar-refractivity contribution in [3.8, 4) is 0 Å². The van der Waals surface area contributed by atoms with E-state index >= 15 is 0 Å². The first-order chi connectivity index (χ1) is 13.1. The predicted octanol–water partition coefficient (Wildman–Crippen LogP) is 5.89. The van der Waals surface area contributed by atoms with Crippen molar-refractivity contribution in [3.63, 3.8) is 0 Å². The first-order valence-corrected chi connectivity index (χ1v) is 10.6. The third-order valence-electron chi connectivity index (χ3n) is 6.61. The van der Waals surface area contributed by atoms with Crippen molar-refractivity contribution >= 4 is 17.4 Å². The lowest BCUT2D eigenvalue weighted by Crippen LogP contribution is -2.50. The summed E-state index contributed by atoms with van der Waals surface area (Å²) >= 11 is 5.48. The van der Waals surface area contributed by atoms with Gasteiger partial charge in [-0.2, -0.15) is 0 Å². The number of rotatable bonds is 4. The number of nitrogens with one attached hydrogen (secondary N) is 1. The van der Waals surface area contributed by atoms with E-state index in [0.717, 1.165) is 13.0 Å². The molecule has 0 amide bonds. The molecule has 0 aromatic heterocycles. The Bertz CT molecular complexity index is 780. The molecule has 2 nitrogen and oxygen atoms in total. The van der Waals surface area contributed by atoms with E-state index in [1.54, 1.807) is 0 Å². The quantitative estimate of drug-likeness (QED) is 0.669. The zero-order valence-electron chi connectivity index (χ0n) is 16.1. The standard InChI is InChI=1S/C24H29NOS/c1-18-6-5-7-19(16-18)17-25-23(27)26-22-12-15-24(22)13-10-21(11-14-24)20-8-3-2-4-9-20/h2-9,16,21-22H,10-15,17H2,1H3,(H,25,27)/t21?,22-,24?/m0/s1. The van der Waals surface area contributed by atoms with Crippen molar-refractivity contribution in [3.05, 3.63) is 71.3 Å². The molecule has 1 atom stereocenters. The van der Waals surface area contributed by atoms with Gasteiger partial charge in [0.05, 0.1) is 0 Å². The fourth-order valence-electron chi connectivity index (χ4n) is 4.84. The number of ether oxygens (including phenoxy) is 1. The number of thiocarbonyl (C=S) groups is 1. The van der Waals surface area contributed by atoms with Crippen LogP contribution in [0.4, 0.5) is 0 Å². The van der Waals surface area contributed by atoms with E-state index in [4.69, 9.17) is 17.0 Å². The molecule has 0 bridgehead atoms. The normalized spacial score (nSPS) is 27.0. The number of hydrogen-bond acceptors (Lipinski definition) is 2. The molecule has 27 heavy (non-hydrogen) atoms. The highest BCUT2D eigenvalue weighted by Crippen LogP contribution is 2.55. The minimum Gasteiger partial charge on any atom is -0.467 e. The molecule has 3 heteroatoms. The minimum atomic E-state index is 0.298. The molecule has 0 saturated heterocycles. The van der Waals surface area contributed by atoms with E-state index in [0.29, 0.717) is 22.6 Å². The highest BCUT2D eigenvalue weighted by Gasteiger charge is 2.50. The van der Waals surface area contributed by atoms with Crippen LogP contribution in [0.15, 0.2) is 54.6 Å². The maximum atomic E-state index is 6.19. The van der Waals surface area contributed by atoms with E-state index in [1.807, 2.05) is 0 Å². The summed E-state index contributed by atoms with van der Waals surface area (Å²) in [5.41, 5.74) is 4.38. The van der Waals surface area contributed by atoms with E-state index in [-0.39, 0.29) is 0 Å². The van der Waals surface area contributed by atoms with Gasteiger partial charge in [0.25, 0.3) is 5.17 Å². The Hall–Kier alpha value is -1.87. The highest BCUT2D eigenvalue weighted by molar-refractivity contribution is 7.80. The molecular formula is C24H29NOS. The second-order valence-corrected chi connectivity index (χ2v) is 8.69. The van der Waals surface area contributed by atoms with Gasteiger partial charge in [0.15, 0.2) is 0 Å². The molecule has 4 rings (SSSR count). The maximum absolute atomic E-state index is 6.19. The monoisotopic (exact) mass is 379 g/mol. The Labute approximate surface area is 168 Å². The summed E-state index contributed by atoms with van der Waals surface area (Å²) in [6, 6.07) is 19.5. The molecule has 0 aliphatic heterocycles. The molecule has 2 aromatic rings. The average molecular weight is 380 g/mol. The largest absolute Gasteiger partial charge is 0.467 e. The molecule has 2 aromatic carbocycles. The Morgan fingerprint density at radius 2 is 1.78 bits per heavy atom. The van der Waals surface area contributed by atoms with Gasteiger partial charge < -0.3 is 10.1 Å². The molecule has 2 saturated carbocycles. The second kappa shape index (κ2) is 8.02. The topological polar surface area (TPSA) is 21.3 Å². The fourth-order valence-corrected chi connectivity index (χ4v) is 5.03. The Kier molecular flexibility index (Phi) is 5.49. The lowest BCUT2D eigenvalue weighted by atomic mass is 9.56. The van der Waals surface area contributed by atoms with Crippen LogP contribution in [0.25, 0.3) is 0 Å². The Morgan fingerprint density at radius 3 is 2.44 bits per heavy atom. The first-order valence-electron chi connectivity index (χ1n) is 10.2. The van der Waals surface area contributed by atoms with Crippen LogP contribution in [0, 0.1) is 12.3 Å². The molecule has 2 aliphatic carbocycles. The molecular weight excluding hydrogens is 350 g/mol. The van der Waals surface area contributed by atoms with Crippen LogP contribution < -0.4 is 5.32 Å². The molecule has 2 aliphatic rings. The third-order valence-corrected chi connectivity index (χ3v) is 6.85. The van der Waals surface area contributed by atoms with Crippen molar-refractivity contribution in [2.75, 3.05) is 0 Å². The van der Waals surface area contributed by atoms with E-state index in [9.17, 15) is 0 Å². The van der Waals surface area contributed by atoms with Gasteiger partial charge in [-0.25, -0.2) is 0 Å². The van der Waals surface area contributed by atoms with E-state index < -0.39 is 0 Å². The minimum absolute atomic E-state index is 0.298. The van der Waals surface area contributed by atoms with Crippen LogP contribution in [0.1, 0.15) is 61.1 Å². The van der Waals surface area contributed by atoms with Gasteiger partial charge in [-0.15, -0.1) is 0 Å². The average Bonchev–Trinajstić information content (AvgIpc) is 2.70. The molecule has 0 heterocycles. The van der Waals surface area contributed by atoms with Crippen LogP contribution in [0.2, 0.25) is 0 Å². The smallest absolute Gasteiger partial charge is 0.257 e. The van der Waals surface area contributed by atoms with Crippen LogP contribution >= 0.6 is 12.2 Å². The predicted molar refractivity (Wildman–Crippen MR) is 115 cm³/mol. The van der Waals surface area contributed by atoms with Crippen molar-refractivity contribution in [1.82, 2.24) is 5.32 Å². The number of aryl methyl sites for hydroxylation is 1. The lowest BCUT2D eigenvalue weighted by Gasteiger charge is -2.52. The summed E-state index contributed by atoms with van der Waals surface area (Å²) in [6.07, 6.45) is 7.80. The highest BCUT2D eigenvalue weighted by atomic mass is 32.1. The van der Waals surface area contributed by atoms with Gasteiger partial charge in [-0.3, -0.25) is 0 Å². The van der Waals surface area contributed by atoms with E-state index in [1.165, 1.54) is 48.8 Å². The Morgan fingerprint density at radius 1 is 1.04 bits per heavy atom. The summed E-state index contributed by atoms with van der Waals surface area (Å²) in [4.78, 5) is 0. The summed E-state index contributed by atoms with van der Waals surface area (Å²) < 4.78 is 6.19. The zero-order valence-corrected chi connectivity index (χ0v) is 16.9. The van der Waals surface area contributed by atoms with Gasteiger partial charge in [-0.05, 0) is 74.7 Å². The van der Waals surface area contributed by atoms with Crippen molar-refractivity contribution in [2.45, 2.75) is 64.0 Å². The Balaban J connectivity index is 1.27. The van der Waals surface area contributed by atoms with Crippen molar-refractivity contribution in [2.24, 2.45) is 5.41 Å². The van der Waals surface area contributed by atoms with Gasteiger partial charge in [-0.1, -0.05) is 60.2 Å². The van der Waals surface area contributed by atoms with Crippen molar-refractivity contribution in [1.29, 1.82) is 0 Å². The van der Waals surface area contributed by atoms with Gasteiger partial charge in [0, 0.05) is 12.0 Å². The summed E-state index contributed by atoms with van der Waals surface area (Å²) in [7, 11) is 0. The molecule has 0 radical (unpaired) electrons. The number of hydrogen-bond donors (Lipinski definition) is 1. The van der Waals surface area contributed by atoms with Gasteiger partial charge in [0.1, 0.15) is 6.10 Å². The molecule has 1 N–H and O–H groups in total.